The zero-order valence-corrected chi connectivity index (χ0v) is 12.4. The fourth-order valence-corrected chi connectivity index (χ4v) is 2.50. The van der Waals surface area contributed by atoms with E-state index in [0.29, 0.717) is 23.4 Å². The summed E-state index contributed by atoms with van der Waals surface area (Å²) in [6.07, 6.45) is 3.63. The van der Waals surface area contributed by atoms with E-state index in [-0.39, 0.29) is 6.04 Å². The third-order valence-electron chi connectivity index (χ3n) is 3.58. The Hall–Kier alpha value is -2.28. The minimum absolute atomic E-state index is 0.304. The molecule has 0 aliphatic heterocycles. The van der Waals surface area contributed by atoms with Gasteiger partial charge in [-0.2, -0.15) is 13.9 Å². The van der Waals surface area contributed by atoms with E-state index in [1.165, 1.54) is 0 Å². The molecule has 22 heavy (non-hydrogen) atoms. The Morgan fingerprint density at radius 3 is 2.73 bits per heavy atom. The molecule has 0 bridgehead atoms. The van der Waals surface area contributed by atoms with Gasteiger partial charge in [-0.25, -0.2) is 4.98 Å². The molecule has 7 heteroatoms. The molecule has 2 heterocycles. The van der Waals surface area contributed by atoms with E-state index in [4.69, 9.17) is 0 Å². The van der Waals surface area contributed by atoms with Crippen LogP contribution in [0.2, 0.25) is 0 Å². The summed E-state index contributed by atoms with van der Waals surface area (Å²) in [5.41, 5.74) is 2.02. The Labute approximate surface area is 126 Å². The Kier molecular flexibility index (Phi) is 3.89. The largest absolute Gasteiger partial charge is 0.320 e. The Morgan fingerprint density at radius 2 is 2.05 bits per heavy atom. The molecule has 1 atom stereocenters. The van der Waals surface area contributed by atoms with Crippen LogP contribution in [0.3, 0.4) is 0 Å². The SMILES string of the molecule is C[C@H](NCc1cnn(C)c1)c1nc2ccccc2n1C(F)F. The summed E-state index contributed by atoms with van der Waals surface area (Å²) in [4.78, 5) is 4.35. The Bertz CT molecular complexity index is 777. The minimum Gasteiger partial charge on any atom is -0.303 e. The summed E-state index contributed by atoms with van der Waals surface area (Å²) in [5.74, 6) is 0.333. The van der Waals surface area contributed by atoms with Gasteiger partial charge in [0.25, 0.3) is 0 Å². The molecule has 0 aliphatic carbocycles. The molecule has 116 valence electrons. The van der Waals surface area contributed by atoms with E-state index in [1.54, 1.807) is 35.1 Å². The van der Waals surface area contributed by atoms with E-state index in [1.807, 2.05) is 20.2 Å². The maximum absolute atomic E-state index is 13.4. The van der Waals surface area contributed by atoms with Gasteiger partial charge in [-0.05, 0) is 19.1 Å². The molecule has 5 nitrogen and oxygen atoms in total. The molecular formula is C15H17F2N5. The van der Waals surface area contributed by atoms with Gasteiger partial charge in [-0.15, -0.1) is 0 Å². The minimum atomic E-state index is -2.62. The number of aryl methyl sites for hydroxylation is 1. The van der Waals surface area contributed by atoms with E-state index in [2.05, 4.69) is 15.4 Å². The van der Waals surface area contributed by atoms with Gasteiger partial charge in [0, 0.05) is 25.4 Å². The number of nitrogens with one attached hydrogen (secondary N) is 1. The predicted molar refractivity (Wildman–Crippen MR) is 79.4 cm³/mol. The van der Waals surface area contributed by atoms with Crippen LogP contribution in [-0.2, 0) is 13.6 Å². The number of para-hydroxylation sites is 2. The highest BCUT2D eigenvalue weighted by molar-refractivity contribution is 5.76. The summed E-state index contributed by atoms with van der Waals surface area (Å²) in [6, 6.07) is 6.63. The predicted octanol–water partition coefficient (Wildman–Crippen LogP) is 3.02. The fraction of sp³-hybridized carbons (Fsp3) is 0.333. The van der Waals surface area contributed by atoms with Crippen molar-refractivity contribution in [3.63, 3.8) is 0 Å². The number of alkyl halides is 2. The summed E-state index contributed by atoms with van der Waals surface area (Å²) in [7, 11) is 1.84. The second-order valence-electron chi connectivity index (χ2n) is 5.23. The first-order valence-corrected chi connectivity index (χ1v) is 7.02. The first-order valence-electron chi connectivity index (χ1n) is 7.02. The van der Waals surface area contributed by atoms with Crippen LogP contribution >= 0.6 is 0 Å². The van der Waals surface area contributed by atoms with Crippen LogP contribution in [0, 0.1) is 0 Å². The molecule has 1 N–H and O–H groups in total. The zero-order valence-electron chi connectivity index (χ0n) is 12.4. The molecule has 0 fully saturated rings. The Balaban J connectivity index is 1.86. The molecule has 0 amide bonds. The molecule has 1 aromatic carbocycles. The van der Waals surface area contributed by atoms with Gasteiger partial charge in [0.1, 0.15) is 5.82 Å². The van der Waals surface area contributed by atoms with Gasteiger partial charge in [0.15, 0.2) is 0 Å². The molecule has 3 rings (SSSR count). The van der Waals surface area contributed by atoms with Crippen LogP contribution in [0.25, 0.3) is 11.0 Å². The quantitative estimate of drug-likeness (QED) is 0.788. The molecule has 3 aromatic rings. The normalized spacial score (nSPS) is 13.1. The number of fused-ring (bicyclic) bond motifs is 1. The number of hydrogen-bond acceptors (Lipinski definition) is 3. The Morgan fingerprint density at radius 1 is 1.27 bits per heavy atom. The summed E-state index contributed by atoms with van der Waals surface area (Å²) >= 11 is 0. The van der Waals surface area contributed by atoms with Crippen molar-refractivity contribution in [3.05, 3.63) is 48.0 Å². The van der Waals surface area contributed by atoms with Crippen LogP contribution in [0.5, 0.6) is 0 Å². The van der Waals surface area contributed by atoms with Gasteiger partial charge in [0.05, 0.1) is 23.3 Å². The van der Waals surface area contributed by atoms with Crippen LogP contribution in [0.15, 0.2) is 36.7 Å². The summed E-state index contributed by atoms with van der Waals surface area (Å²) < 4.78 is 29.5. The molecular weight excluding hydrogens is 288 g/mol. The topological polar surface area (TPSA) is 47.7 Å². The molecule has 0 saturated carbocycles. The van der Waals surface area contributed by atoms with Crippen molar-refractivity contribution in [2.75, 3.05) is 0 Å². The number of hydrogen-bond donors (Lipinski definition) is 1. The highest BCUT2D eigenvalue weighted by atomic mass is 19.3. The van der Waals surface area contributed by atoms with E-state index >= 15 is 0 Å². The number of rotatable bonds is 5. The molecule has 0 radical (unpaired) electrons. The van der Waals surface area contributed by atoms with Crippen LogP contribution in [0.1, 0.15) is 30.9 Å². The van der Waals surface area contributed by atoms with Gasteiger partial charge >= 0.3 is 6.55 Å². The van der Waals surface area contributed by atoms with Crippen molar-refractivity contribution in [1.29, 1.82) is 0 Å². The maximum Gasteiger partial charge on any atom is 0.320 e. The third kappa shape index (κ3) is 2.71. The molecule has 0 spiro atoms. The lowest BCUT2D eigenvalue weighted by Crippen LogP contribution is -2.22. The van der Waals surface area contributed by atoms with E-state index in [9.17, 15) is 8.78 Å². The number of aromatic nitrogens is 4. The van der Waals surface area contributed by atoms with Gasteiger partial charge in [-0.3, -0.25) is 9.25 Å². The molecule has 0 saturated heterocycles. The number of benzene rings is 1. The average Bonchev–Trinajstić information content (AvgIpc) is 3.08. The van der Waals surface area contributed by atoms with Crippen molar-refractivity contribution < 1.29 is 8.78 Å². The van der Waals surface area contributed by atoms with Crippen LogP contribution in [-0.4, -0.2) is 19.3 Å². The molecule has 2 aromatic heterocycles. The van der Waals surface area contributed by atoms with Crippen molar-refractivity contribution >= 4 is 11.0 Å². The van der Waals surface area contributed by atoms with Crippen molar-refractivity contribution in [3.8, 4) is 0 Å². The fourth-order valence-electron chi connectivity index (χ4n) is 2.50. The standard InChI is InChI=1S/C15H17F2N5/c1-10(18-7-11-8-19-21(2)9-11)14-20-12-5-3-4-6-13(12)22(14)15(16)17/h3-6,8-10,15,18H,7H2,1-2H3/t10-/m0/s1. The highest BCUT2D eigenvalue weighted by Gasteiger charge is 2.21. The lowest BCUT2D eigenvalue weighted by molar-refractivity contribution is 0.0698. The molecule has 0 unspecified atom stereocenters. The maximum atomic E-state index is 13.4. The summed E-state index contributed by atoms with van der Waals surface area (Å²) in [6.45, 7) is -0.247. The van der Waals surface area contributed by atoms with Crippen LogP contribution in [0.4, 0.5) is 8.78 Å². The molecule has 0 aliphatic rings. The number of nitrogens with zero attached hydrogens (tertiary/aromatic N) is 4. The van der Waals surface area contributed by atoms with E-state index < -0.39 is 6.55 Å². The van der Waals surface area contributed by atoms with E-state index in [0.717, 1.165) is 10.1 Å². The second kappa shape index (κ2) is 5.84. The summed E-state index contributed by atoms with van der Waals surface area (Å²) in [5, 5.41) is 7.30. The monoisotopic (exact) mass is 305 g/mol. The van der Waals surface area contributed by atoms with Gasteiger partial charge < -0.3 is 5.32 Å². The van der Waals surface area contributed by atoms with Crippen molar-refractivity contribution in [1.82, 2.24) is 24.6 Å². The highest BCUT2D eigenvalue weighted by Crippen LogP contribution is 2.26. The lowest BCUT2D eigenvalue weighted by atomic mass is 10.3. The second-order valence-corrected chi connectivity index (χ2v) is 5.23. The lowest BCUT2D eigenvalue weighted by Gasteiger charge is -2.15. The van der Waals surface area contributed by atoms with Crippen LogP contribution < -0.4 is 5.32 Å². The third-order valence-corrected chi connectivity index (χ3v) is 3.58. The van der Waals surface area contributed by atoms with Gasteiger partial charge in [0.2, 0.25) is 0 Å². The average molecular weight is 305 g/mol. The zero-order chi connectivity index (χ0) is 15.7. The van der Waals surface area contributed by atoms with Crippen molar-refractivity contribution in [2.24, 2.45) is 7.05 Å². The smallest absolute Gasteiger partial charge is 0.303 e. The first-order chi connectivity index (χ1) is 10.6. The first kappa shape index (κ1) is 14.6. The number of imidazole rings is 1. The van der Waals surface area contributed by atoms with Crippen molar-refractivity contribution in [2.45, 2.75) is 26.1 Å². The van der Waals surface area contributed by atoms with Gasteiger partial charge in [-0.1, -0.05) is 12.1 Å². The number of halogens is 2.